The number of hydrogen-bond donors (Lipinski definition) is 1. The molecule has 1 amide bonds. The molecule has 6 heteroatoms. The van der Waals surface area contributed by atoms with Gasteiger partial charge in [-0.2, -0.15) is 0 Å². The molecular weight excluding hydrogens is 392 g/mol. The number of amides is 1. The molecule has 0 spiro atoms. The standard InChI is InChI=1S/C22H23ClN2O2S/c1-13(2)19(15-5-9-17(23)10-6-15)21(26)25-22-24-20(14(3)28-22)16-7-11-18(27-4)12-8-16/h5-13,19H,1-4H3,(H,24,25,26)/t19-/m1/s1. The molecule has 0 aliphatic carbocycles. The maximum Gasteiger partial charge on any atom is 0.233 e. The van der Waals surface area contributed by atoms with Gasteiger partial charge in [0.15, 0.2) is 5.13 Å². The molecule has 0 unspecified atom stereocenters. The minimum atomic E-state index is -0.272. The molecule has 4 nitrogen and oxygen atoms in total. The average Bonchev–Trinajstić information content (AvgIpc) is 3.03. The predicted octanol–water partition coefficient (Wildman–Crippen LogP) is 6.16. The van der Waals surface area contributed by atoms with Crippen LogP contribution >= 0.6 is 22.9 Å². The molecule has 3 rings (SSSR count). The molecule has 0 aliphatic rings. The number of carbonyl (C=O) groups is 1. The lowest BCUT2D eigenvalue weighted by Gasteiger charge is -2.20. The lowest BCUT2D eigenvalue weighted by Crippen LogP contribution is -2.25. The lowest BCUT2D eigenvalue weighted by atomic mass is 9.88. The van der Waals surface area contributed by atoms with Gasteiger partial charge >= 0.3 is 0 Å². The van der Waals surface area contributed by atoms with E-state index in [1.807, 2.05) is 69.3 Å². The monoisotopic (exact) mass is 414 g/mol. The number of aryl methyl sites for hydroxylation is 1. The number of carbonyl (C=O) groups excluding carboxylic acids is 1. The number of benzene rings is 2. The second-order valence-electron chi connectivity index (χ2n) is 6.91. The normalized spacial score (nSPS) is 12.1. The fourth-order valence-corrected chi connectivity index (χ4v) is 4.12. The predicted molar refractivity (Wildman–Crippen MR) is 116 cm³/mol. The SMILES string of the molecule is COc1ccc(-c2nc(NC(=O)[C@@H](c3ccc(Cl)cc3)C(C)C)sc2C)cc1. The highest BCUT2D eigenvalue weighted by Crippen LogP contribution is 2.33. The molecular formula is C22H23ClN2O2S. The molecule has 0 saturated carbocycles. The smallest absolute Gasteiger partial charge is 0.233 e. The number of anilines is 1. The highest BCUT2D eigenvalue weighted by Gasteiger charge is 2.25. The molecule has 1 N–H and O–H groups in total. The first kappa shape index (κ1) is 20.4. The molecule has 2 aromatic carbocycles. The molecule has 0 fully saturated rings. The number of hydrogen-bond acceptors (Lipinski definition) is 4. The molecule has 146 valence electrons. The summed E-state index contributed by atoms with van der Waals surface area (Å²) < 4.78 is 5.21. The number of thiazole rings is 1. The van der Waals surface area contributed by atoms with Crippen molar-refractivity contribution in [2.75, 3.05) is 12.4 Å². The topological polar surface area (TPSA) is 51.2 Å². The van der Waals surface area contributed by atoms with E-state index in [1.54, 1.807) is 7.11 Å². The average molecular weight is 415 g/mol. The van der Waals surface area contributed by atoms with Crippen LogP contribution in [0.25, 0.3) is 11.3 Å². The fraction of sp³-hybridized carbons (Fsp3) is 0.273. The Morgan fingerprint density at radius 2 is 1.75 bits per heavy atom. The van der Waals surface area contributed by atoms with Crippen molar-refractivity contribution in [3.05, 3.63) is 64.0 Å². The Hall–Kier alpha value is -2.37. The zero-order chi connectivity index (χ0) is 20.3. The highest BCUT2D eigenvalue weighted by molar-refractivity contribution is 7.16. The van der Waals surface area contributed by atoms with Gasteiger partial charge in [-0.05, 0) is 54.8 Å². The molecule has 0 aliphatic heterocycles. The summed E-state index contributed by atoms with van der Waals surface area (Å²) in [5.74, 6) is 0.606. The lowest BCUT2D eigenvalue weighted by molar-refractivity contribution is -0.118. The highest BCUT2D eigenvalue weighted by atomic mass is 35.5. The summed E-state index contributed by atoms with van der Waals surface area (Å²) in [7, 11) is 1.64. The van der Waals surface area contributed by atoms with E-state index < -0.39 is 0 Å². The van der Waals surface area contributed by atoms with Crippen molar-refractivity contribution in [1.82, 2.24) is 4.98 Å². The van der Waals surface area contributed by atoms with E-state index in [2.05, 4.69) is 10.3 Å². The molecule has 1 aromatic heterocycles. The number of methoxy groups -OCH3 is 1. The van der Waals surface area contributed by atoms with E-state index in [4.69, 9.17) is 16.3 Å². The van der Waals surface area contributed by atoms with Crippen LogP contribution in [0.4, 0.5) is 5.13 Å². The Balaban J connectivity index is 1.82. The van der Waals surface area contributed by atoms with Gasteiger partial charge in [0.25, 0.3) is 0 Å². The van der Waals surface area contributed by atoms with Crippen LogP contribution in [-0.4, -0.2) is 18.0 Å². The first-order valence-electron chi connectivity index (χ1n) is 9.07. The van der Waals surface area contributed by atoms with Crippen LogP contribution in [0.15, 0.2) is 48.5 Å². The van der Waals surface area contributed by atoms with E-state index in [9.17, 15) is 4.79 Å². The maximum atomic E-state index is 13.0. The van der Waals surface area contributed by atoms with Crippen molar-refractivity contribution >= 4 is 34.0 Å². The van der Waals surface area contributed by atoms with Crippen LogP contribution in [0, 0.1) is 12.8 Å². The van der Waals surface area contributed by atoms with Crippen LogP contribution in [-0.2, 0) is 4.79 Å². The third-order valence-corrected chi connectivity index (χ3v) is 5.71. The first-order valence-corrected chi connectivity index (χ1v) is 10.3. The summed E-state index contributed by atoms with van der Waals surface area (Å²) >= 11 is 7.46. The molecule has 3 aromatic rings. The number of ether oxygens (including phenoxy) is 1. The van der Waals surface area contributed by atoms with Crippen LogP contribution in [0.1, 0.15) is 30.2 Å². The Bertz CT molecular complexity index is 950. The van der Waals surface area contributed by atoms with Crippen molar-refractivity contribution in [2.45, 2.75) is 26.7 Å². The van der Waals surface area contributed by atoms with E-state index in [-0.39, 0.29) is 17.7 Å². The second kappa shape index (κ2) is 8.76. The number of nitrogens with one attached hydrogen (secondary N) is 1. The molecule has 0 radical (unpaired) electrons. The fourth-order valence-electron chi connectivity index (χ4n) is 3.16. The minimum Gasteiger partial charge on any atom is -0.497 e. The minimum absolute atomic E-state index is 0.0626. The van der Waals surface area contributed by atoms with Crippen molar-refractivity contribution in [3.63, 3.8) is 0 Å². The van der Waals surface area contributed by atoms with Gasteiger partial charge < -0.3 is 10.1 Å². The Kier molecular flexibility index (Phi) is 6.37. The Labute approximate surface area is 174 Å². The number of halogens is 1. The molecule has 0 bridgehead atoms. The van der Waals surface area contributed by atoms with E-state index in [0.29, 0.717) is 10.2 Å². The van der Waals surface area contributed by atoms with Crippen molar-refractivity contribution in [3.8, 4) is 17.0 Å². The number of aromatic nitrogens is 1. The zero-order valence-corrected chi connectivity index (χ0v) is 17.9. The summed E-state index contributed by atoms with van der Waals surface area (Å²) in [6, 6.07) is 15.2. The van der Waals surface area contributed by atoms with E-state index in [0.717, 1.165) is 27.4 Å². The van der Waals surface area contributed by atoms with Gasteiger partial charge in [-0.3, -0.25) is 4.79 Å². The van der Waals surface area contributed by atoms with Gasteiger partial charge in [0, 0.05) is 15.5 Å². The van der Waals surface area contributed by atoms with Gasteiger partial charge in [0.05, 0.1) is 18.7 Å². The quantitative estimate of drug-likeness (QED) is 0.525. The van der Waals surface area contributed by atoms with Gasteiger partial charge in [-0.1, -0.05) is 37.6 Å². The van der Waals surface area contributed by atoms with Crippen molar-refractivity contribution < 1.29 is 9.53 Å². The van der Waals surface area contributed by atoms with Crippen molar-refractivity contribution in [1.29, 1.82) is 0 Å². The maximum absolute atomic E-state index is 13.0. The second-order valence-corrected chi connectivity index (χ2v) is 8.55. The van der Waals surface area contributed by atoms with Gasteiger partial charge in [0.1, 0.15) is 5.75 Å². The number of nitrogens with zero attached hydrogens (tertiary/aromatic N) is 1. The number of rotatable bonds is 6. The Morgan fingerprint density at radius 3 is 2.32 bits per heavy atom. The Morgan fingerprint density at radius 1 is 1.11 bits per heavy atom. The molecule has 28 heavy (non-hydrogen) atoms. The van der Waals surface area contributed by atoms with Gasteiger partial charge in [-0.25, -0.2) is 4.98 Å². The van der Waals surface area contributed by atoms with E-state index in [1.165, 1.54) is 11.3 Å². The van der Waals surface area contributed by atoms with Gasteiger partial charge in [-0.15, -0.1) is 11.3 Å². The zero-order valence-electron chi connectivity index (χ0n) is 16.3. The van der Waals surface area contributed by atoms with Gasteiger partial charge in [0.2, 0.25) is 5.91 Å². The van der Waals surface area contributed by atoms with Crippen molar-refractivity contribution in [2.24, 2.45) is 5.92 Å². The van der Waals surface area contributed by atoms with Crippen LogP contribution < -0.4 is 10.1 Å². The molecule has 1 heterocycles. The molecule has 0 saturated heterocycles. The van der Waals surface area contributed by atoms with Crippen LogP contribution in [0.5, 0.6) is 5.75 Å². The van der Waals surface area contributed by atoms with Crippen LogP contribution in [0.2, 0.25) is 5.02 Å². The third-order valence-electron chi connectivity index (χ3n) is 4.57. The van der Waals surface area contributed by atoms with Crippen LogP contribution in [0.3, 0.4) is 0 Å². The summed E-state index contributed by atoms with van der Waals surface area (Å²) in [6.07, 6.45) is 0. The summed E-state index contributed by atoms with van der Waals surface area (Å²) in [4.78, 5) is 18.7. The third kappa shape index (κ3) is 4.54. The summed E-state index contributed by atoms with van der Waals surface area (Å²) in [5.41, 5.74) is 2.81. The molecule has 1 atom stereocenters. The summed E-state index contributed by atoms with van der Waals surface area (Å²) in [6.45, 7) is 6.08. The first-order chi connectivity index (χ1) is 13.4. The largest absolute Gasteiger partial charge is 0.497 e. The summed E-state index contributed by atoms with van der Waals surface area (Å²) in [5, 5.41) is 4.26. The van der Waals surface area contributed by atoms with E-state index >= 15 is 0 Å².